The van der Waals surface area contributed by atoms with Gasteiger partial charge in [0.25, 0.3) is 0 Å². The highest BCUT2D eigenvalue weighted by Crippen LogP contribution is 2.37. The van der Waals surface area contributed by atoms with Crippen LogP contribution in [0.4, 0.5) is 22.7 Å². The van der Waals surface area contributed by atoms with Crippen molar-refractivity contribution in [2.75, 3.05) is 16.8 Å². The number of allylic oxidation sites excluding steroid dienone is 14. The topological polar surface area (TPSA) is 6.48 Å². The highest BCUT2D eigenvalue weighted by Gasteiger charge is 2.20. The number of hydrogen-bond acceptors (Lipinski definition) is 2. The molecule has 0 aliphatic heterocycles. The van der Waals surface area contributed by atoms with Gasteiger partial charge in [0.2, 0.25) is 0 Å². The fourth-order valence-corrected chi connectivity index (χ4v) is 5.38. The quantitative estimate of drug-likeness (QED) is 0.194. The Hall–Kier alpha value is -4.82. The first-order chi connectivity index (χ1) is 21.5. The molecule has 3 aromatic carbocycles. The maximum atomic E-state index is 4.02. The molecule has 1 unspecified atom stereocenters. The molecule has 2 aliphatic rings. The standard InChI is InChI=1S/C38H38N2.C4H8/c1-5-30(6-2)32-18-14-21-37(28-32)40(38-22-12-7-9-15-29(38)3)35-25-23-34(24-26-35)39(4)36-20-13-19-33(27-36)31-16-10-8-11-17-31;1-3-4-2/h5-10,12-16,18-29H,1,11,17H2,2-4H3;3-4H,1-2H3/b30-6+;4-3-. The molecule has 0 radical (unpaired) electrons. The van der Waals surface area contributed by atoms with Gasteiger partial charge in [-0.15, -0.1) is 0 Å². The smallest absolute Gasteiger partial charge is 0.0464 e. The second-order valence-corrected chi connectivity index (χ2v) is 10.9. The minimum absolute atomic E-state index is 0.258. The molecule has 2 aliphatic carbocycles. The van der Waals surface area contributed by atoms with Gasteiger partial charge >= 0.3 is 0 Å². The lowest BCUT2D eigenvalue weighted by Gasteiger charge is -2.31. The molecule has 2 nitrogen and oxygen atoms in total. The third kappa shape index (κ3) is 7.96. The SMILES string of the molecule is C/C=C\C.C=C/C(=C\C)c1cccc(N(C2=CC=CC=CC2C)c2ccc(N(C)c3cccc(C4=CC=CCC4)c3)cc2)c1. The van der Waals surface area contributed by atoms with Gasteiger partial charge in [-0.3, -0.25) is 0 Å². The van der Waals surface area contributed by atoms with Crippen molar-refractivity contribution < 1.29 is 0 Å². The Morgan fingerprint density at radius 1 is 0.773 bits per heavy atom. The third-order valence-electron chi connectivity index (χ3n) is 8.03. The second-order valence-electron chi connectivity index (χ2n) is 10.9. The van der Waals surface area contributed by atoms with E-state index >= 15 is 0 Å². The Bertz CT molecular complexity index is 1620. The Balaban J connectivity index is 0.00000104. The number of nitrogens with zero attached hydrogens (tertiary/aromatic N) is 2. The van der Waals surface area contributed by atoms with E-state index in [1.165, 1.54) is 22.5 Å². The van der Waals surface area contributed by atoms with Crippen LogP contribution >= 0.6 is 0 Å². The molecule has 0 fully saturated rings. The lowest BCUT2D eigenvalue weighted by atomic mass is 9.97. The zero-order chi connectivity index (χ0) is 31.3. The van der Waals surface area contributed by atoms with Crippen molar-refractivity contribution in [2.24, 2.45) is 5.92 Å². The second kappa shape index (κ2) is 16.1. The first-order valence-corrected chi connectivity index (χ1v) is 15.6. The van der Waals surface area contributed by atoms with Crippen LogP contribution < -0.4 is 9.80 Å². The van der Waals surface area contributed by atoms with Crippen LogP contribution in [0.1, 0.15) is 51.7 Å². The van der Waals surface area contributed by atoms with Gasteiger partial charge in [-0.05, 0) is 110 Å². The van der Waals surface area contributed by atoms with Crippen LogP contribution in [0.15, 0.2) is 158 Å². The number of benzene rings is 3. The van der Waals surface area contributed by atoms with E-state index in [2.05, 4.69) is 165 Å². The minimum atomic E-state index is 0.258. The maximum absolute atomic E-state index is 4.02. The predicted octanol–water partition coefficient (Wildman–Crippen LogP) is 12.1. The van der Waals surface area contributed by atoms with Crippen molar-refractivity contribution in [3.05, 3.63) is 169 Å². The average Bonchev–Trinajstić information content (AvgIpc) is 3.30. The summed E-state index contributed by atoms with van der Waals surface area (Å²) in [4.78, 5) is 4.64. The molecule has 0 bridgehead atoms. The molecular formula is C42H46N2. The van der Waals surface area contributed by atoms with Gasteiger partial charge in [-0.2, -0.15) is 0 Å². The summed E-state index contributed by atoms with van der Waals surface area (Å²) < 4.78 is 0. The Labute approximate surface area is 265 Å². The zero-order valence-corrected chi connectivity index (χ0v) is 26.9. The largest absolute Gasteiger partial charge is 0.345 e. The van der Waals surface area contributed by atoms with E-state index in [1.54, 1.807) is 0 Å². The molecular weight excluding hydrogens is 532 g/mol. The van der Waals surface area contributed by atoms with Crippen LogP contribution in [0, 0.1) is 5.92 Å². The van der Waals surface area contributed by atoms with Crippen molar-refractivity contribution in [1.29, 1.82) is 0 Å². The molecule has 0 N–H and O–H groups in total. The van der Waals surface area contributed by atoms with Crippen LogP contribution in [0.5, 0.6) is 0 Å². The van der Waals surface area contributed by atoms with Gasteiger partial charge in [0.1, 0.15) is 0 Å². The lowest BCUT2D eigenvalue weighted by molar-refractivity contribution is 0.830. The fourth-order valence-electron chi connectivity index (χ4n) is 5.38. The maximum Gasteiger partial charge on any atom is 0.0464 e. The van der Waals surface area contributed by atoms with Gasteiger partial charge in [-0.25, -0.2) is 0 Å². The summed E-state index contributed by atoms with van der Waals surface area (Å²) in [5.74, 6) is 0.258. The van der Waals surface area contributed by atoms with Gasteiger partial charge in [0.15, 0.2) is 0 Å². The summed E-state index contributed by atoms with van der Waals surface area (Å²) >= 11 is 0. The monoisotopic (exact) mass is 578 g/mol. The highest BCUT2D eigenvalue weighted by molar-refractivity contribution is 5.79. The van der Waals surface area contributed by atoms with E-state index < -0.39 is 0 Å². The van der Waals surface area contributed by atoms with E-state index in [0.29, 0.717) is 0 Å². The van der Waals surface area contributed by atoms with Crippen molar-refractivity contribution in [3.8, 4) is 0 Å². The summed E-state index contributed by atoms with van der Waals surface area (Å²) in [5, 5.41) is 0. The van der Waals surface area contributed by atoms with E-state index in [0.717, 1.165) is 41.0 Å². The number of anilines is 4. The first kappa shape index (κ1) is 32.1. The molecule has 0 heterocycles. The summed E-state index contributed by atoms with van der Waals surface area (Å²) in [6, 6.07) is 26.5. The van der Waals surface area contributed by atoms with Crippen LogP contribution in [0.2, 0.25) is 0 Å². The molecule has 3 aromatic rings. The summed E-state index contributed by atoms with van der Waals surface area (Å²) in [6.07, 6.45) is 27.7. The highest BCUT2D eigenvalue weighted by atomic mass is 15.2. The molecule has 5 rings (SSSR count). The van der Waals surface area contributed by atoms with Crippen molar-refractivity contribution in [2.45, 2.75) is 40.5 Å². The normalized spacial score (nSPS) is 16.0. The lowest BCUT2D eigenvalue weighted by Crippen LogP contribution is -2.21. The molecule has 2 heteroatoms. The van der Waals surface area contributed by atoms with Gasteiger partial charge in [-0.1, -0.05) is 105 Å². The molecule has 1 atom stereocenters. The zero-order valence-electron chi connectivity index (χ0n) is 26.9. The fraction of sp³-hybridized carbons (Fsp3) is 0.190. The number of hydrogen-bond donors (Lipinski definition) is 0. The molecule has 0 spiro atoms. The Morgan fingerprint density at radius 2 is 1.50 bits per heavy atom. The van der Waals surface area contributed by atoms with Crippen LogP contribution in [-0.2, 0) is 0 Å². The van der Waals surface area contributed by atoms with Crippen molar-refractivity contribution in [1.82, 2.24) is 0 Å². The van der Waals surface area contributed by atoms with Gasteiger partial charge < -0.3 is 9.80 Å². The predicted molar refractivity (Wildman–Crippen MR) is 196 cm³/mol. The minimum Gasteiger partial charge on any atom is -0.345 e. The Kier molecular flexibility index (Phi) is 11.8. The summed E-state index contributed by atoms with van der Waals surface area (Å²) in [7, 11) is 2.14. The molecule has 0 saturated heterocycles. The van der Waals surface area contributed by atoms with Gasteiger partial charge in [0.05, 0.1) is 0 Å². The van der Waals surface area contributed by atoms with Crippen LogP contribution in [0.25, 0.3) is 11.1 Å². The first-order valence-electron chi connectivity index (χ1n) is 15.6. The van der Waals surface area contributed by atoms with Crippen LogP contribution in [0.3, 0.4) is 0 Å². The summed E-state index contributed by atoms with van der Waals surface area (Å²) in [6.45, 7) is 12.3. The molecule has 0 amide bonds. The average molecular weight is 579 g/mol. The van der Waals surface area contributed by atoms with E-state index in [9.17, 15) is 0 Å². The molecule has 0 aromatic heterocycles. The van der Waals surface area contributed by atoms with E-state index in [4.69, 9.17) is 0 Å². The molecule has 44 heavy (non-hydrogen) atoms. The van der Waals surface area contributed by atoms with Crippen LogP contribution in [-0.4, -0.2) is 7.05 Å². The van der Waals surface area contributed by atoms with E-state index in [-0.39, 0.29) is 5.92 Å². The summed E-state index contributed by atoms with van der Waals surface area (Å²) in [5.41, 5.74) is 10.8. The van der Waals surface area contributed by atoms with Crippen molar-refractivity contribution >= 4 is 33.9 Å². The van der Waals surface area contributed by atoms with E-state index in [1.807, 2.05) is 32.1 Å². The molecule has 0 saturated carbocycles. The molecule has 224 valence electrons. The third-order valence-corrected chi connectivity index (χ3v) is 8.03. The van der Waals surface area contributed by atoms with Gasteiger partial charge in [0, 0.05) is 41.4 Å². The van der Waals surface area contributed by atoms with Crippen molar-refractivity contribution in [3.63, 3.8) is 0 Å². The Morgan fingerprint density at radius 3 is 2.18 bits per heavy atom. The number of rotatable bonds is 8.